The Morgan fingerprint density at radius 3 is 2.76 bits per heavy atom. The highest BCUT2D eigenvalue weighted by molar-refractivity contribution is 14.0. The van der Waals surface area contributed by atoms with Gasteiger partial charge in [0.1, 0.15) is 5.76 Å². The third-order valence-electron chi connectivity index (χ3n) is 5.80. The van der Waals surface area contributed by atoms with Gasteiger partial charge in [0, 0.05) is 45.2 Å². The monoisotopic (exact) mass is 519 g/mol. The molecule has 166 valence electrons. The Kier molecular flexibility index (Phi) is 12.0. The minimum atomic E-state index is 0. The normalized spacial score (nSPS) is 21.1. The van der Waals surface area contributed by atoms with Crippen LogP contribution in [0.3, 0.4) is 0 Å². The van der Waals surface area contributed by atoms with Crippen LogP contribution in [-0.4, -0.2) is 51.5 Å². The summed E-state index contributed by atoms with van der Waals surface area (Å²) in [7, 11) is 0. The summed E-state index contributed by atoms with van der Waals surface area (Å²) in [4.78, 5) is 4.81. The molecule has 2 N–H and O–H groups in total. The molecule has 0 amide bonds. The van der Waals surface area contributed by atoms with E-state index in [0.29, 0.717) is 12.0 Å². The molecule has 0 radical (unpaired) electrons. The molecule has 0 aromatic carbocycles. The van der Waals surface area contributed by atoms with Gasteiger partial charge in [0.05, 0.1) is 19.0 Å². The largest absolute Gasteiger partial charge is 0.469 e. The number of ether oxygens (including phenoxy) is 2. The second kappa shape index (κ2) is 14.2. The summed E-state index contributed by atoms with van der Waals surface area (Å²) in [5.74, 6) is 3.15. The van der Waals surface area contributed by atoms with Crippen LogP contribution < -0.4 is 10.6 Å². The van der Waals surface area contributed by atoms with E-state index in [9.17, 15) is 0 Å². The lowest BCUT2D eigenvalue weighted by atomic mass is 9.98. The zero-order valence-electron chi connectivity index (χ0n) is 17.7. The van der Waals surface area contributed by atoms with Crippen molar-refractivity contribution in [3.8, 4) is 0 Å². The van der Waals surface area contributed by atoms with Gasteiger partial charge in [-0.1, -0.05) is 12.8 Å². The summed E-state index contributed by atoms with van der Waals surface area (Å²) in [5, 5.41) is 6.98. The first-order valence-electron chi connectivity index (χ1n) is 11.1. The molecule has 1 aromatic rings. The van der Waals surface area contributed by atoms with Crippen molar-refractivity contribution in [2.45, 2.75) is 58.0 Å². The van der Waals surface area contributed by atoms with Gasteiger partial charge in [-0.25, -0.2) is 0 Å². The second-order valence-corrected chi connectivity index (χ2v) is 7.93. The van der Waals surface area contributed by atoms with E-state index in [1.807, 2.05) is 12.1 Å². The highest BCUT2D eigenvalue weighted by atomic mass is 127. The Hall–Kier alpha value is -0.800. The topological polar surface area (TPSA) is 68.0 Å². The van der Waals surface area contributed by atoms with Crippen molar-refractivity contribution in [2.75, 3.05) is 39.5 Å². The first-order valence-corrected chi connectivity index (χ1v) is 11.1. The van der Waals surface area contributed by atoms with Gasteiger partial charge >= 0.3 is 0 Å². The van der Waals surface area contributed by atoms with Crippen molar-refractivity contribution in [3.05, 3.63) is 24.2 Å². The van der Waals surface area contributed by atoms with E-state index in [4.69, 9.17) is 18.9 Å². The fourth-order valence-electron chi connectivity index (χ4n) is 4.21. The Balaban J connectivity index is 0.00000300. The van der Waals surface area contributed by atoms with Crippen LogP contribution in [0.4, 0.5) is 0 Å². The van der Waals surface area contributed by atoms with Crippen molar-refractivity contribution < 1.29 is 13.9 Å². The molecular formula is C22H38IN3O3. The smallest absolute Gasteiger partial charge is 0.191 e. The summed E-state index contributed by atoms with van der Waals surface area (Å²) in [6, 6.07) is 3.94. The fraction of sp³-hybridized carbons (Fsp3) is 0.773. The van der Waals surface area contributed by atoms with Crippen LogP contribution in [-0.2, 0) is 15.9 Å². The van der Waals surface area contributed by atoms with Crippen LogP contribution in [0.2, 0.25) is 0 Å². The zero-order chi connectivity index (χ0) is 19.4. The van der Waals surface area contributed by atoms with Crippen LogP contribution in [0, 0.1) is 11.8 Å². The van der Waals surface area contributed by atoms with Gasteiger partial charge in [0.2, 0.25) is 0 Å². The first kappa shape index (κ1) is 24.5. The number of aliphatic imine (C=N–C) groups is 1. The number of furan rings is 1. The van der Waals surface area contributed by atoms with E-state index in [1.165, 1.54) is 25.7 Å². The molecule has 0 spiro atoms. The molecule has 2 atom stereocenters. The molecular weight excluding hydrogens is 481 g/mol. The van der Waals surface area contributed by atoms with Gasteiger partial charge in [-0.2, -0.15) is 0 Å². The maximum absolute atomic E-state index is 6.05. The van der Waals surface area contributed by atoms with Crippen molar-refractivity contribution >= 4 is 29.9 Å². The Morgan fingerprint density at radius 2 is 2.07 bits per heavy atom. The number of hydrogen-bond donors (Lipinski definition) is 2. The Labute approximate surface area is 192 Å². The van der Waals surface area contributed by atoms with Crippen LogP contribution in [0.1, 0.15) is 51.2 Å². The van der Waals surface area contributed by atoms with Crippen LogP contribution in [0.25, 0.3) is 0 Å². The van der Waals surface area contributed by atoms with E-state index >= 15 is 0 Å². The lowest BCUT2D eigenvalue weighted by Crippen LogP contribution is -2.40. The molecule has 1 aliphatic carbocycles. The van der Waals surface area contributed by atoms with E-state index in [1.54, 1.807) is 6.26 Å². The summed E-state index contributed by atoms with van der Waals surface area (Å²) < 4.78 is 16.9. The predicted octanol–water partition coefficient (Wildman–Crippen LogP) is 4.00. The molecule has 7 heteroatoms. The Morgan fingerprint density at radius 1 is 1.24 bits per heavy atom. The molecule has 3 rings (SSSR count). The molecule has 1 aromatic heterocycles. The van der Waals surface area contributed by atoms with E-state index in [0.717, 1.165) is 76.4 Å². The van der Waals surface area contributed by atoms with E-state index in [-0.39, 0.29) is 24.0 Å². The predicted molar refractivity (Wildman–Crippen MR) is 127 cm³/mol. The van der Waals surface area contributed by atoms with Gasteiger partial charge < -0.3 is 24.5 Å². The summed E-state index contributed by atoms with van der Waals surface area (Å²) >= 11 is 0. The third kappa shape index (κ3) is 8.84. The molecule has 29 heavy (non-hydrogen) atoms. The number of guanidine groups is 1. The molecule has 2 heterocycles. The minimum Gasteiger partial charge on any atom is -0.469 e. The number of hydrogen-bond acceptors (Lipinski definition) is 4. The second-order valence-electron chi connectivity index (χ2n) is 7.93. The SMILES string of the molecule is CCOC(CCNC(=NCC1CCOC1)NCCc1ccco1)C1CCCC1.I. The van der Waals surface area contributed by atoms with Crippen LogP contribution in [0.5, 0.6) is 0 Å². The summed E-state index contributed by atoms with van der Waals surface area (Å²) in [6.07, 6.45) is 10.4. The molecule has 2 aliphatic rings. The quantitative estimate of drug-likeness (QED) is 0.263. The van der Waals surface area contributed by atoms with E-state index in [2.05, 4.69) is 17.6 Å². The zero-order valence-corrected chi connectivity index (χ0v) is 20.1. The number of nitrogens with one attached hydrogen (secondary N) is 2. The maximum Gasteiger partial charge on any atom is 0.191 e. The number of nitrogens with zero attached hydrogens (tertiary/aromatic N) is 1. The average Bonchev–Trinajstić information content (AvgIpc) is 3.48. The van der Waals surface area contributed by atoms with Gasteiger partial charge in [-0.15, -0.1) is 24.0 Å². The highest BCUT2D eigenvalue weighted by Crippen LogP contribution is 2.30. The number of rotatable bonds is 11. The van der Waals surface area contributed by atoms with Crippen molar-refractivity contribution in [1.82, 2.24) is 10.6 Å². The molecule has 2 unspecified atom stereocenters. The summed E-state index contributed by atoms with van der Waals surface area (Å²) in [6.45, 7) is 7.09. The molecule has 6 nitrogen and oxygen atoms in total. The van der Waals surface area contributed by atoms with E-state index < -0.39 is 0 Å². The standard InChI is InChI=1S/C22H37N3O3.HI/c1-2-27-21(19-6-3-4-7-19)10-13-24-22(25-16-18-11-15-26-17-18)23-12-9-20-8-5-14-28-20;/h5,8,14,18-19,21H,2-4,6-7,9-13,15-17H2,1H3,(H2,23,24,25);1H. The summed E-state index contributed by atoms with van der Waals surface area (Å²) in [5.41, 5.74) is 0. The number of halogens is 1. The highest BCUT2D eigenvalue weighted by Gasteiger charge is 2.25. The molecule has 1 saturated carbocycles. The van der Waals surface area contributed by atoms with Crippen LogP contribution in [0.15, 0.2) is 27.8 Å². The third-order valence-corrected chi connectivity index (χ3v) is 5.80. The Bertz CT molecular complexity index is 556. The molecule has 0 bridgehead atoms. The van der Waals surface area contributed by atoms with Gasteiger partial charge in [-0.3, -0.25) is 4.99 Å². The lowest BCUT2D eigenvalue weighted by Gasteiger charge is -2.24. The maximum atomic E-state index is 6.05. The van der Waals surface area contributed by atoms with Crippen molar-refractivity contribution in [3.63, 3.8) is 0 Å². The van der Waals surface area contributed by atoms with Gasteiger partial charge in [-0.05, 0) is 50.7 Å². The molecule has 2 fully saturated rings. The van der Waals surface area contributed by atoms with Crippen molar-refractivity contribution in [2.24, 2.45) is 16.8 Å². The average molecular weight is 519 g/mol. The van der Waals surface area contributed by atoms with Gasteiger partial charge in [0.25, 0.3) is 0 Å². The lowest BCUT2D eigenvalue weighted by molar-refractivity contribution is 0.0169. The van der Waals surface area contributed by atoms with Crippen LogP contribution >= 0.6 is 24.0 Å². The molecule has 1 saturated heterocycles. The minimum absolute atomic E-state index is 0. The fourth-order valence-corrected chi connectivity index (χ4v) is 4.21. The van der Waals surface area contributed by atoms with Crippen molar-refractivity contribution in [1.29, 1.82) is 0 Å². The first-order chi connectivity index (χ1) is 13.8. The van der Waals surface area contributed by atoms with Gasteiger partial charge in [0.15, 0.2) is 5.96 Å². The molecule has 1 aliphatic heterocycles.